The Morgan fingerprint density at radius 1 is 1.17 bits per heavy atom. The number of carboxylic acids is 1. The molecule has 8 nitrogen and oxygen atoms in total. The first-order valence-electron chi connectivity index (χ1n) is 8.47. The molecule has 0 unspecified atom stereocenters. The molecular formula is C19H21F3N2O6. The number of nitrogens with zero attached hydrogens (tertiary/aromatic N) is 1. The summed E-state index contributed by atoms with van der Waals surface area (Å²) in [4.78, 5) is 24.8. The van der Waals surface area contributed by atoms with Gasteiger partial charge < -0.3 is 25.1 Å². The monoisotopic (exact) mass is 430 g/mol. The summed E-state index contributed by atoms with van der Waals surface area (Å²) in [7, 11) is 3.15. The van der Waals surface area contributed by atoms with Crippen LogP contribution < -0.4 is 15.2 Å². The molecule has 0 radical (unpaired) electrons. The van der Waals surface area contributed by atoms with Crippen molar-refractivity contribution in [1.82, 2.24) is 4.98 Å². The van der Waals surface area contributed by atoms with E-state index in [0.29, 0.717) is 24.7 Å². The Kier molecular flexibility index (Phi) is 9.06. The number of ether oxygens (including phenoxy) is 3. The Morgan fingerprint density at radius 3 is 2.13 bits per heavy atom. The topological polar surface area (TPSA) is 121 Å². The second-order valence-electron chi connectivity index (χ2n) is 5.51. The molecule has 0 atom stereocenters. The van der Waals surface area contributed by atoms with E-state index < -0.39 is 18.1 Å². The van der Waals surface area contributed by atoms with Gasteiger partial charge in [0, 0.05) is 29.8 Å². The zero-order chi connectivity index (χ0) is 22.9. The number of carboxylic acid groups (broad SMARTS) is 1. The number of fused-ring (bicyclic) bond motifs is 1. The van der Waals surface area contributed by atoms with E-state index in [1.54, 1.807) is 33.4 Å². The highest BCUT2D eigenvalue weighted by Gasteiger charge is 2.38. The molecule has 3 N–H and O–H groups in total. The molecule has 1 aromatic heterocycles. The summed E-state index contributed by atoms with van der Waals surface area (Å²) in [6.07, 6.45) is -0.371. The number of esters is 1. The molecule has 1 aromatic carbocycles. The first kappa shape index (κ1) is 24.7. The van der Waals surface area contributed by atoms with Gasteiger partial charge in [0.05, 0.1) is 26.5 Å². The van der Waals surface area contributed by atoms with Crippen molar-refractivity contribution in [2.75, 3.05) is 20.8 Å². The quantitative estimate of drug-likeness (QED) is 0.530. The van der Waals surface area contributed by atoms with Crippen LogP contribution in [-0.4, -0.2) is 49.0 Å². The van der Waals surface area contributed by atoms with Crippen LogP contribution in [0.15, 0.2) is 24.4 Å². The van der Waals surface area contributed by atoms with Crippen molar-refractivity contribution in [3.63, 3.8) is 0 Å². The molecule has 30 heavy (non-hydrogen) atoms. The predicted molar refractivity (Wildman–Crippen MR) is 102 cm³/mol. The maximum atomic E-state index is 11.5. The molecule has 164 valence electrons. The molecule has 0 aliphatic carbocycles. The number of alkyl halides is 3. The molecule has 0 saturated carbocycles. The van der Waals surface area contributed by atoms with Crippen LogP contribution in [0.3, 0.4) is 0 Å². The van der Waals surface area contributed by atoms with Gasteiger partial charge in [-0.1, -0.05) is 0 Å². The molecule has 0 spiro atoms. The van der Waals surface area contributed by atoms with Gasteiger partial charge in [0.1, 0.15) is 0 Å². The van der Waals surface area contributed by atoms with Crippen LogP contribution in [0.1, 0.15) is 18.2 Å². The maximum Gasteiger partial charge on any atom is 0.490 e. The number of halogens is 3. The van der Waals surface area contributed by atoms with Crippen LogP contribution >= 0.6 is 0 Å². The Labute approximate surface area is 170 Å². The number of methoxy groups -OCH3 is 2. The molecule has 11 heteroatoms. The van der Waals surface area contributed by atoms with Gasteiger partial charge in [-0.05, 0) is 30.5 Å². The second kappa shape index (κ2) is 11.0. The van der Waals surface area contributed by atoms with Gasteiger partial charge in [0.15, 0.2) is 11.5 Å². The fourth-order valence-electron chi connectivity index (χ4n) is 2.29. The largest absolute Gasteiger partial charge is 0.493 e. The van der Waals surface area contributed by atoms with E-state index in [4.69, 9.17) is 29.8 Å². The van der Waals surface area contributed by atoms with Crippen LogP contribution in [0, 0.1) is 0 Å². The Morgan fingerprint density at radius 2 is 1.70 bits per heavy atom. The SMILES string of the molecule is CCOC(=O)/C=C/c1cnc(CN)c2cc(OC)c(OC)cc12.O=C(O)C(F)(F)F. The third-order valence-electron chi connectivity index (χ3n) is 3.63. The highest BCUT2D eigenvalue weighted by molar-refractivity contribution is 5.97. The summed E-state index contributed by atoms with van der Waals surface area (Å²) in [5.41, 5.74) is 7.28. The average molecular weight is 430 g/mol. The van der Waals surface area contributed by atoms with Gasteiger partial charge in [-0.15, -0.1) is 0 Å². The number of benzene rings is 1. The molecule has 0 fully saturated rings. The number of hydrogen-bond acceptors (Lipinski definition) is 7. The van der Waals surface area contributed by atoms with Crippen LogP contribution in [0.2, 0.25) is 0 Å². The lowest BCUT2D eigenvalue weighted by molar-refractivity contribution is -0.192. The molecule has 0 bridgehead atoms. The lowest BCUT2D eigenvalue weighted by Gasteiger charge is -2.12. The maximum absolute atomic E-state index is 11.5. The van der Waals surface area contributed by atoms with Crippen LogP contribution in [0.5, 0.6) is 11.5 Å². The van der Waals surface area contributed by atoms with Gasteiger partial charge in [0.25, 0.3) is 0 Å². The number of aliphatic carboxylic acids is 1. The first-order chi connectivity index (χ1) is 14.1. The minimum Gasteiger partial charge on any atom is -0.493 e. The highest BCUT2D eigenvalue weighted by Crippen LogP contribution is 2.35. The Hall–Kier alpha value is -3.34. The number of carbonyl (C=O) groups excluding carboxylic acids is 1. The number of pyridine rings is 1. The van der Waals surface area contributed by atoms with Crippen LogP contribution in [0.25, 0.3) is 16.8 Å². The van der Waals surface area contributed by atoms with Gasteiger partial charge in [-0.25, -0.2) is 9.59 Å². The number of hydrogen-bond donors (Lipinski definition) is 2. The smallest absolute Gasteiger partial charge is 0.490 e. The summed E-state index contributed by atoms with van der Waals surface area (Å²) in [5, 5.41) is 8.86. The van der Waals surface area contributed by atoms with Crippen LogP contribution in [0.4, 0.5) is 13.2 Å². The normalized spacial score (nSPS) is 11.0. The van der Waals surface area contributed by atoms with E-state index in [2.05, 4.69) is 4.98 Å². The molecule has 0 aliphatic heterocycles. The lowest BCUT2D eigenvalue weighted by atomic mass is 10.0. The van der Waals surface area contributed by atoms with E-state index >= 15 is 0 Å². The fourth-order valence-corrected chi connectivity index (χ4v) is 2.29. The van der Waals surface area contributed by atoms with Gasteiger partial charge >= 0.3 is 18.1 Å². The molecule has 1 heterocycles. The van der Waals surface area contributed by atoms with Crippen molar-refractivity contribution in [3.05, 3.63) is 35.7 Å². The van der Waals surface area contributed by atoms with Gasteiger partial charge in [-0.3, -0.25) is 4.98 Å². The van der Waals surface area contributed by atoms with Crippen molar-refractivity contribution < 1.29 is 42.1 Å². The summed E-state index contributed by atoms with van der Waals surface area (Å²) in [5.74, 6) is -1.96. The van der Waals surface area contributed by atoms with E-state index in [9.17, 15) is 18.0 Å². The third kappa shape index (κ3) is 6.62. The predicted octanol–water partition coefficient (Wildman–Crippen LogP) is 2.92. The second-order valence-corrected chi connectivity index (χ2v) is 5.51. The summed E-state index contributed by atoms with van der Waals surface area (Å²) >= 11 is 0. The standard InChI is InChI=1S/C17H20N2O4.C2HF3O2/c1-4-23-17(20)6-5-11-10-19-14(9-18)13-8-16(22-3)15(21-2)7-12(11)13;3-2(4,5)1(6)7/h5-8,10H,4,9,18H2,1-3H3;(H,6,7)/b6-5+;. The van der Waals surface area contributed by atoms with E-state index in [1.807, 2.05) is 12.1 Å². The number of aromatic nitrogens is 1. The molecule has 0 aliphatic rings. The summed E-state index contributed by atoms with van der Waals surface area (Å²) < 4.78 is 47.3. The first-order valence-corrected chi connectivity index (χ1v) is 8.47. The van der Waals surface area contributed by atoms with Crippen molar-refractivity contribution in [3.8, 4) is 11.5 Å². The number of carbonyl (C=O) groups is 2. The van der Waals surface area contributed by atoms with Crippen LogP contribution in [-0.2, 0) is 20.9 Å². The summed E-state index contributed by atoms with van der Waals surface area (Å²) in [6, 6.07) is 3.69. The molecular weight excluding hydrogens is 409 g/mol. The highest BCUT2D eigenvalue weighted by atomic mass is 19.4. The van der Waals surface area contributed by atoms with Gasteiger partial charge in [0.2, 0.25) is 0 Å². The number of rotatable bonds is 6. The zero-order valence-electron chi connectivity index (χ0n) is 16.4. The number of nitrogens with two attached hydrogens (primary N) is 1. The fraction of sp³-hybridized carbons (Fsp3) is 0.316. The molecule has 2 rings (SSSR count). The molecule has 0 amide bonds. The third-order valence-corrected chi connectivity index (χ3v) is 3.63. The van der Waals surface area contributed by atoms with E-state index in [1.165, 1.54) is 6.08 Å². The van der Waals surface area contributed by atoms with Crippen molar-refractivity contribution in [1.29, 1.82) is 0 Å². The summed E-state index contributed by atoms with van der Waals surface area (Å²) in [6.45, 7) is 2.39. The zero-order valence-corrected chi connectivity index (χ0v) is 16.4. The molecule has 0 saturated heterocycles. The average Bonchev–Trinajstić information content (AvgIpc) is 2.70. The van der Waals surface area contributed by atoms with Crippen molar-refractivity contribution in [2.24, 2.45) is 5.73 Å². The van der Waals surface area contributed by atoms with Gasteiger partial charge in [-0.2, -0.15) is 13.2 Å². The Bertz CT molecular complexity index is 929. The molecule has 2 aromatic rings. The van der Waals surface area contributed by atoms with E-state index in [-0.39, 0.29) is 0 Å². The Balaban J connectivity index is 0.000000553. The van der Waals surface area contributed by atoms with E-state index in [0.717, 1.165) is 22.0 Å². The minimum absolute atomic E-state index is 0.299. The minimum atomic E-state index is -5.08. The van der Waals surface area contributed by atoms with Crippen molar-refractivity contribution in [2.45, 2.75) is 19.6 Å². The lowest BCUT2D eigenvalue weighted by Crippen LogP contribution is -2.21. The van der Waals surface area contributed by atoms with Crippen molar-refractivity contribution >= 4 is 28.8 Å².